The second-order valence-electron chi connectivity index (χ2n) is 6.57. The van der Waals surface area contributed by atoms with E-state index >= 15 is 0 Å². The summed E-state index contributed by atoms with van der Waals surface area (Å²) in [4.78, 5) is 4.42. The van der Waals surface area contributed by atoms with Crippen LogP contribution >= 0.6 is 0 Å². The molecule has 4 nitrogen and oxygen atoms in total. The van der Waals surface area contributed by atoms with E-state index < -0.39 is 0 Å². The zero-order valence-electron chi connectivity index (χ0n) is 12.8. The summed E-state index contributed by atoms with van der Waals surface area (Å²) in [6, 6.07) is 0.546. The van der Waals surface area contributed by atoms with Crippen LogP contribution in [0.3, 0.4) is 0 Å². The van der Waals surface area contributed by atoms with Gasteiger partial charge >= 0.3 is 0 Å². The van der Waals surface area contributed by atoms with Crippen LogP contribution < -0.4 is 5.32 Å². The molecule has 0 spiro atoms. The third kappa shape index (κ3) is 3.78. The zero-order chi connectivity index (χ0) is 13.8. The van der Waals surface area contributed by atoms with Gasteiger partial charge in [0.05, 0.1) is 12.6 Å². The molecular formula is C15H28N4. The Labute approximate surface area is 117 Å². The van der Waals surface area contributed by atoms with E-state index in [1.807, 2.05) is 0 Å². The molecule has 1 aliphatic carbocycles. The first kappa shape index (κ1) is 14.5. The fraction of sp³-hybridized carbons (Fsp3) is 0.867. The van der Waals surface area contributed by atoms with Crippen molar-refractivity contribution in [3.05, 3.63) is 12.2 Å². The van der Waals surface area contributed by atoms with E-state index in [4.69, 9.17) is 0 Å². The lowest BCUT2D eigenvalue weighted by molar-refractivity contribution is 0.197. The van der Waals surface area contributed by atoms with E-state index in [0.29, 0.717) is 12.0 Å². The zero-order valence-corrected chi connectivity index (χ0v) is 12.8. The predicted octanol–water partition coefficient (Wildman–Crippen LogP) is 3.02. The van der Waals surface area contributed by atoms with Gasteiger partial charge in [-0.05, 0) is 43.6 Å². The maximum Gasteiger partial charge on any atom is 0.141 e. The van der Waals surface area contributed by atoms with Gasteiger partial charge in [-0.15, -0.1) is 0 Å². The molecule has 108 valence electrons. The quantitative estimate of drug-likeness (QED) is 0.889. The lowest BCUT2D eigenvalue weighted by Gasteiger charge is -2.32. The van der Waals surface area contributed by atoms with E-state index in [1.54, 1.807) is 6.33 Å². The molecule has 0 aromatic carbocycles. The number of rotatable bonds is 5. The van der Waals surface area contributed by atoms with Gasteiger partial charge in [-0.3, -0.25) is 0 Å². The van der Waals surface area contributed by atoms with Crippen LogP contribution in [0.25, 0.3) is 0 Å². The van der Waals surface area contributed by atoms with E-state index in [1.165, 1.54) is 19.3 Å². The van der Waals surface area contributed by atoms with Gasteiger partial charge in [0.25, 0.3) is 0 Å². The molecule has 3 unspecified atom stereocenters. The van der Waals surface area contributed by atoms with Crippen molar-refractivity contribution in [3.63, 3.8) is 0 Å². The Morgan fingerprint density at radius 3 is 2.79 bits per heavy atom. The highest BCUT2D eigenvalue weighted by atomic mass is 15.4. The SMILES string of the molecule is CC(C)CNCc1ncnn1C1CCC(C)C(C)C1. The average molecular weight is 264 g/mol. The van der Waals surface area contributed by atoms with Crippen LogP contribution in [-0.2, 0) is 6.54 Å². The lowest BCUT2D eigenvalue weighted by atomic mass is 9.79. The van der Waals surface area contributed by atoms with Crippen molar-refractivity contribution in [2.24, 2.45) is 17.8 Å². The van der Waals surface area contributed by atoms with Crippen molar-refractivity contribution in [3.8, 4) is 0 Å². The van der Waals surface area contributed by atoms with Gasteiger partial charge in [-0.1, -0.05) is 27.7 Å². The largest absolute Gasteiger partial charge is 0.310 e. The molecule has 1 N–H and O–H groups in total. The van der Waals surface area contributed by atoms with Crippen LogP contribution in [0.1, 0.15) is 58.8 Å². The minimum atomic E-state index is 0.546. The highest BCUT2D eigenvalue weighted by Gasteiger charge is 2.27. The third-order valence-electron chi connectivity index (χ3n) is 4.40. The molecular weight excluding hydrogens is 236 g/mol. The summed E-state index contributed by atoms with van der Waals surface area (Å²) in [6.45, 7) is 11.0. The van der Waals surface area contributed by atoms with Crippen LogP contribution in [0.5, 0.6) is 0 Å². The second kappa shape index (κ2) is 6.51. The highest BCUT2D eigenvalue weighted by Crippen LogP contribution is 2.36. The van der Waals surface area contributed by atoms with E-state index in [0.717, 1.165) is 30.7 Å². The minimum absolute atomic E-state index is 0.546. The molecule has 4 heteroatoms. The molecule has 2 rings (SSSR count). The fourth-order valence-electron chi connectivity index (χ4n) is 2.92. The van der Waals surface area contributed by atoms with Crippen LogP contribution in [0, 0.1) is 17.8 Å². The maximum atomic E-state index is 4.46. The molecule has 1 heterocycles. The normalized spacial score (nSPS) is 27.9. The van der Waals surface area contributed by atoms with Gasteiger partial charge in [0.15, 0.2) is 0 Å². The van der Waals surface area contributed by atoms with Gasteiger partial charge < -0.3 is 5.32 Å². The van der Waals surface area contributed by atoms with E-state index in [9.17, 15) is 0 Å². The van der Waals surface area contributed by atoms with Crippen molar-refractivity contribution in [2.45, 2.75) is 59.5 Å². The Kier molecular flexibility index (Phi) is 4.97. The molecule has 0 bridgehead atoms. The van der Waals surface area contributed by atoms with Crippen molar-refractivity contribution in [2.75, 3.05) is 6.54 Å². The smallest absolute Gasteiger partial charge is 0.141 e. The summed E-state index contributed by atoms with van der Waals surface area (Å²) < 4.78 is 2.16. The Bertz CT molecular complexity index is 385. The van der Waals surface area contributed by atoms with Crippen molar-refractivity contribution < 1.29 is 0 Å². The Hall–Kier alpha value is -0.900. The maximum absolute atomic E-state index is 4.46. The summed E-state index contributed by atoms with van der Waals surface area (Å²) in [7, 11) is 0. The second-order valence-corrected chi connectivity index (χ2v) is 6.57. The minimum Gasteiger partial charge on any atom is -0.310 e. The van der Waals surface area contributed by atoms with Gasteiger partial charge in [-0.25, -0.2) is 9.67 Å². The Morgan fingerprint density at radius 2 is 2.11 bits per heavy atom. The monoisotopic (exact) mass is 264 g/mol. The van der Waals surface area contributed by atoms with Crippen molar-refractivity contribution in [1.82, 2.24) is 20.1 Å². The molecule has 1 aromatic heterocycles. The average Bonchev–Trinajstić information content (AvgIpc) is 2.80. The van der Waals surface area contributed by atoms with E-state index in [2.05, 4.69) is 47.8 Å². The molecule has 1 saturated carbocycles. The number of hydrogen-bond acceptors (Lipinski definition) is 3. The molecule has 3 atom stereocenters. The molecule has 0 radical (unpaired) electrons. The first-order valence-corrected chi connectivity index (χ1v) is 7.67. The molecule has 0 amide bonds. The first-order valence-electron chi connectivity index (χ1n) is 7.67. The van der Waals surface area contributed by atoms with Gasteiger partial charge in [0.2, 0.25) is 0 Å². The van der Waals surface area contributed by atoms with Crippen molar-refractivity contribution in [1.29, 1.82) is 0 Å². The highest BCUT2D eigenvalue weighted by molar-refractivity contribution is 4.90. The first-order chi connectivity index (χ1) is 9.08. The standard InChI is InChI=1S/C15H28N4/c1-11(2)8-16-9-15-17-10-18-19(15)14-6-5-12(3)13(4)7-14/h10-14,16H,5-9H2,1-4H3. The number of aromatic nitrogens is 3. The summed E-state index contributed by atoms with van der Waals surface area (Å²) in [5.41, 5.74) is 0. The predicted molar refractivity (Wildman–Crippen MR) is 77.8 cm³/mol. The number of hydrogen-bond donors (Lipinski definition) is 1. The topological polar surface area (TPSA) is 42.7 Å². The number of nitrogens with one attached hydrogen (secondary N) is 1. The third-order valence-corrected chi connectivity index (χ3v) is 4.40. The molecule has 0 saturated heterocycles. The summed E-state index contributed by atoms with van der Waals surface area (Å²) in [6.07, 6.45) is 5.49. The van der Waals surface area contributed by atoms with Crippen LogP contribution in [-0.4, -0.2) is 21.3 Å². The molecule has 19 heavy (non-hydrogen) atoms. The van der Waals surface area contributed by atoms with E-state index in [-0.39, 0.29) is 0 Å². The van der Waals surface area contributed by atoms with Gasteiger partial charge in [0, 0.05) is 0 Å². The molecule has 0 aliphatic heterocycles. The van der Waals surface area contributed by atoms with Crippen LogP contribution in [0.15, 0.2) is 6.33 Å². The van der Waals surface area contributed by atoms with Gasteiger partial charge in [0.1, 0.15) is 12.2 Å². The molecule has 1 aromatic rings. The Balaban J connectivity index is 1.95. The Morgan fingerprint density at radius 1 is 1.32 bits per heavy atom. The van der Waals surface area contributed by atoms with Crippen molar-refractivity contribution >= 4 is 0 Å². The lowest BCUT2D eigenvalue weighted by Crippen LogP contribution is -2.27. The fourth-order valence-corrected chi connectivity index (χ4v) is 2.92. The van der Waals surface area contributed by atoms with Gasteiger partial charge in [-0.2, -0.15) is 5.10 Å². The van der Waals surface area contributed by atoms with Crippen LogP contribution in [0.2, 0.25) is 0 Å². The summed E-state index contributed by atoms with van der Waals surface area (Å²) in [5.74, 6) is 3.40. The van der Waals surface area contributed by atoms with Crippen LogP contribution in [0.4, 0.5) is 0 Å². The summed E-state index contributed by atoms with van der Waals surface area (Å²) >= 11 is 0. The molecule has 1 fully saturated rings. The summed E-state index contributed by atoms with van der Waals surface area (Å²) in [5, 5.41) is 7.93. The molecule has 1 aliphatic rings. The number of nitrogens with zero attached hydrogens (tertiary/aromatic N) is 3.